The lowest BCUT2D eigenvalue weighted by Gasteiger charge is -2.28. The van der Waals surface area contributed by atoms with Crippen molar-refractivity contribution in [2.24, 2.45) is 0 Å². The van der Waals surface area contributed by atoms with Gasteiger partial charge in [0.1, 0.15) is 5.75 Å². The first-order valence-electron chi connectivity index (χ1n) is 10.1. The predicted octanol–water partition coefficient (Wildman–Crippen LogP) is 5.38. The number of carbonyl (C=O) groups is 2. The van der Waals surface area contributed by atoms with Crippen molar-refractivity contribution in [3.05, 3.63) is 94.0 Å². The molecule has 0 fully saturated rings. The zero-order chi connectivity index (χ0) is 22.0. The van der Waals surface area contributed by atoms with Crippen molar-refractivity contribution in [3.8, 4) is 5.75 Å². The van der Waals surface area contributed by atoms with Crippen LogP contribution in [-0.4, -0.2) is 23.8 Å². The standard InChI is InChI=1S/C25H23ClN2O3/c1-16-21(26)8-5-9-22(16)27-24(29)14-23(17-10-12-19(31-2)13-11-17)28-15-18-6-3-4-7-20(18)25(28)30/h3-13,23H,14-15H2,1-2H3,(H,27,29)/t23-/m0/s1. The third-order valence-corrected chi connectivity index (χ3v) is 6.06. The topological polar surface area (TPSA) is 58.6 Å². The molecule has 1 heterocycles. The zero-order valence-corrected chi connectivity index (χ0v) is 18.1. The SMILES string of the molecule is COc1ccc([C@H](CC(=O)Nc2cccc(Cl)c2C)N2Cc3ccccc3C2=O)cc1. The van der Waals surface area contributed by atoms with Crippen LogP contribution in [0.4, 0.5) is 5.69 Å². The second-order valence-corrected chi connectivity index (χ2v) is 7.95. The molecule has 0 saturated heterocycles. The van der Waals surface area contributed by atoms with Crippen LogP contribution in [0.3, 0.4) is 0 Å². The van der Waals surface area contributed by atoms with Gasteiger partial charge in [-0.2, -0.15) is 0 Å². The Morgan fingerprint density at radius 2 is 1.84 bits per heavy atom. The summed E-state index contributed by atoms with van der Waals surface area (Å²) in [6.07, 6.45) is 0.123. The van der Waals surface area contributed by atoms with Crippen molar-refractivity contribution in [1.82, 2.24) is 4.90 Å². The molecule has 3 aromatic carbocycles. The van der Waals surface area contributed by atoms with Gasteiger partial charge in [-0.3, -0.25) is 9.59 Å². The van der Waals surface area contributed by atoms with E-state index in [1.165, 1.54) is 0 Å². The third-order valence-electron chi connectivity index (χ3n) is 5.65. The number of hydrogen-bond donors (Lipinski definition) is 1. The maximum Gasteiger partial charge on any atom is 0.255 e. The van der Waals surface area contributed by atoms with Crippen molar-refractivity contribution in [3.63, 3.8) is 0 Å². The largest absolute Gasteiger partial charge is 0.497 e. The Morgan fingerprint density at radius 3 is 2.55 bits per heavy atom. The normalized spacial score (nSPS) is 13.6. The van der Waals surface area contributed by atoms with Gasteiger partial charge in [0.25, 0.3) is 5.91 Å². The second kappa shape index (κ2) is 8.82. The van der Waals surface area contributed by atoms with Crippen LogP contribution in [-0.2, 0) is 11.3 Å². The summed E-state index contributed by atoms with van der Waals surface area (Å²) in [6.45, 7) is 2.33. The first-order valence-corrected chi connectivity index (χ1v) is 10.4. The Morgan fingerprint density at radius 1 is 1.10 bits per heavy atom. The van der Waals surface area contributed by atoms with Crippen LogP contribution in [0.1, 0.15) is 39.5 Å². The van der Waals surface area contributed by atoms with Gasteiger partial charge < -0.3 is 15.0 Å². The Balaban J connectivity index is 1.62. The van der Waals surface area contributed by atoms with Gasteiger partial charge in [0.15, 0.2) is 0 Å². The molecule has 1 N–H and O–H groups in total. The van der Waals surface area contributed by atoms with Crippen molar-refractivity contribution in [1.29, 1.82) is 0 Å². The van der Waals surface area contributed by atoms with Gasteiger partial charge >= 0.3 is 0 Å². The molecule has 0 spiro atoms. The molecule has 0 unspecified atom stereocenters. The summed E-state index contributed by atoms with van der Waals surface area (Å²) >= 11 is 6.19. The molecule has 0 radical (unpaired) electrons. The number of ether oxygens (including phenoxy) is 1. The van der Waals surface area contributed by atoms with E-state index in [4.69, 9.17) is 16.3 Å². The maximum absolute atomic E-state index is 13.1. The number of nitrogens with one attached hydrogen (secondary N) is 1. The van der Waals surface area contributed by atoms with E-state index in [1.54, 1.807) is 24.1 Å². The summed E-state index contributed by atoms with van der Waals surface area (Å²) in [5.41, 5.74) is 4.01. The van der Waals surface area contributed by atoms with E-state index in [1.807, 2.05) is 61.5 Å². The summed E-state index contributed by atoms with van der Waals surface area (Å²) < 4.78 is 5.26. The van der Waals surface area contributed by atoms with Gasteiger partial charge in [-0.25, -0.2) is 0 Å². The number of anilines is 1. The average molecular weight is 435 g/mol. The number of nitrogens with zero attached hydrogens (tertiary/aromatic N) is 1. The molecule has 1 aliphatic heterocycles. The number of methoxy groups -OCH3 is 1. The first kappa shape index (κ1) is 20.9. The minimum atomic E-state index is -0.412. The highest BCUT2D eigenvalue weighted by molar-refractivity contribution is 6.31. The zero-order valence-electron chi connectivity index (χ0n) is 17.4. The molecule has 6 heteroatoms. The predicted molar refractivity (Wildman–Crippen MR) is 121 cm³/mol. The Hall–Kier alpha value is -3.31. The lowest BCUT2D eigenvalue weighted by molar-refractivity contribution is -0.117. The number of fused-ring (bicyclic) bond motifs is 1. The Bertz CT molecular complexity index is 1130. The second-order valence-electron chi connectivity index (χ2n) is 7.54. The molecule has 4 rings (SSSR count). The average Bonchev–Trinajstić information content (AvgIpc) is 3.12. The number of benzene rings is 3. The van der Waals surface area contributed by atoms with Gasteiger partial charge in [0, 0.05) is 22.8 Å². The molecular weight excluding hydrogens is 412 g/mol. The van der Waals surface area contributed by atoms with Gasteiger partial charge in [-0.1, -0.05) is 48.0 Å². The summed E-state index contributed by atoms with van der Waals surface area (Å²) in [7, 11) is 1.61. The quantitative estimate of drug-likeness (QED) is 0.566. The molecule has 5 nitrogen and oxygen atoms in total. The highest BCUT2D eigenvalue weighted by Gasteiger charge is 2.34. The van der Waals surface area contributed by atoms with E-state index in [-0.39, 0.29) is 18.2 Å². The van der Waals surface area contributed by atoms with Crippen LogP contribution in [0.15, 0.2) is 66.7 Å². The number of halogens is 1. The van der Waals surface area contributed by atoms with Gasteiger partial charge in [-0.15, -0.1) is 0 Å². The smallest absolute Gasteiger partial charge is 0.255 e. The number of rotatable bonds is 6. The molecule has 0 aliphatic carbocycles. The molecular formula is C25H23ClN2O3. The summed E-state index contributed by atoms with van der Waals surface area (Å²) in [5, 5.41) is 3.54. The first-order chi connectivity index (χ1) is 15.0. The maximum atomic E-state index is 13.1. The number of amides is 2. The van der Waals surface area contributed by atoms with E-state index in [2.05, 4.69) is 5.32 Å². The van der Waals surface area contributed by atoms with Crippen LogP contribution in [0.25, 0.3) is 0 Å². The molecule has 2 amide bonds. The minimum Gasteiger partial charge on any atom is -0.497 e. The van der Waals surface area contributed by atoms with Crippen molar-refractivity contribution in [2.45, 2.75) is 25.9 Å². The van der Waals surface area contributed by atoms with Gasteiger partial charge in [-0.05, 0) is 53.9 Å². The summed E-state index contributed by atoms with van der Waals surface area (Å²) in [5.74, 6) is 0.468. The molecule has 158 valence electrons. The Kier molecular flexibility index (Phi) is 5.96. The van der Waals surface area contributed by atoms with E-state index < -0.39 is 6.04 Å². The van der Waals surface area contributed by atoms with E-state index in [9.17, 15) is 9.59 Å². The molecule has 0 bridgehead atoms. The lowest BCUT2D eigenvalue weighted by atomic mass is 10.0. The highest BCUT2D eigenvalue weighted by Crippen LogP contribution is 2.34. The van der Waals surface area contributed by atoms with Crippen LogP contribution < -0.4 is 10.1 Å². The van der Waals surface area contributed by atoms with Gasteiger partial charge in [0.05, 0.1) is 19.6 Å². The minimum absolute atomic E-state index is 0.0665. The van der Waals surface area contributed by atoms with E-state index in [0.717, 1.165) is 22.4 Å². The molecule has 3 aromatic rings. The van der Waals surface area contributed by atoms with Crippen LogP contribution in [0, 0.1) is 6.92 Å². The van der Waals surface area contributed by atoms with E-state index in [0.29, 0.717) is 22.8 Å². The van der Waals surface area contributed by atoms with Crippen LogP contribution in [0.5, 0.6) is 5.75 Å². The van der Waals surface area contributed by atoms with Crippen molar-refractivity contribution >= 4 is 29.1 Å². The lowest BCUT2D eigenvalue weighted by Crippen LogP contribution is -2.32. The van der Waals surface area contributed by atoms with Crippen LogP contribution >= 0.6 is 11.6 Å². The fraction of sp³-hybridized carbons (Fsp3) is 0.200. The fourth-order valence-electron chi connectivity index (χ4n) is 3.88. The fourth-order valence-corrected chi connectivity index (χ4v) is 4.06. The molecule has 1 atom stereocenters. The molecule has 1 aliphatic rings. The highest BCUT2D eigenvalue weighted by atomic mass is 35.5. The van der Waals surface area contributed by atoms with E-state index >= 15 is 0 Å². The molecule has 0 aromatic heterocycles. The molecule has 0 saturated carbocycles. The Labute approximate surface area is 186 Å². The van der Waals surface area contributed by atoms with Crippen molar-refractivity contribution in [2.75, 3.05) is 12.4 Å². The number of hydrogen-bond acceptors (Lipinski definition) is 3. The number of carbonyl (C=O) groups excluding carboxylic acids is 2. The van der Waals surface area contributed by atoms with Crippen LogP contribution in [0.2, 0.25) is 5.02 Å². The molecule has 31 heavy (non-hydrogen) atoms. The summed E-state index contributed by atoms with van der Waals surface area (Å²) in [6, 6.07) is 20.0. The monoisotopic (exact) mass is 434 g/mol. The third kappa shape index (κ3) is 4.28. The van der Waals surface area contributed by atoms with Gasteiger partial charge in [0.2, 0.25) is 5.91 Å². The summed E-state index contributed by atoms with van der Waals surface area (Å²) in [4.78, 5) is 27.9. The van der Waals surface area contributed by atoms with Crippen molar-refractivity contribution < 1.29 is 14.3 Å².